The van der Waals surface area contributed by atoms with Crippen molar-refractivity contribution >= 4 is 10.8 Å². The van der Waals surface area contributed by atoms with E-state index >= 15 is 0 Å². The minimum atomic E-state index is -4.26. The van der Waals surface area contributed by atoms with Gasteiger partial charge in [-0.1, -0.05) is 54.6 Å². The molecule has 1 atom stereocenters. The van der Waals surface area contributed by atoms with Gasteiger partial charge in [-0.2, -0.15) is 13.2 Å². The minimum Gasteiger partial charge on any atom is -0.326 e. The molecular formula is C20H21F3N2. The summed E-state index contributed by atoms with van der Waals surface area (Å²) < 4.78 is 36.0. The van der Waals surface area contributed by atoms with Gasteiger partial charge in [-0.3, -0.25) is 0 Å². The van der Waals surface area contributed by atoms with Gasteiger partial charge in [-0.25, -0.2) is 0 Å². The van der Waals surface area contributed by atoms with E-state index in [2.05, 4.69) is 30.3 Å². The second-order valence-electron chi connectivity index (χ2n) is 5.76. The van der Waals surface area contributed by atoms with E-state index in [9.17, 15) is 13.2 Å². The Kier molecular flexibility index (Phi) is 6.17. The highest BCUT2D eigenvalue weighted by Crippen LogP contribution is 2.29. The zero-order chi connectivity index (χ0) is 18.4. The van der Waals surface area contributed by atoms with Crippen molar-refractivity contribution in [3.05, 3.63) is 83.4 Å². The Bertz CT molecular complexity index is 804. The Morgan fingerprint density at radius 3 is 2.04 bits per heavy atom. The van der Waals surface area contributed by atoms with Crippen LogP contribution in [-0.2, 0) is 12.7 Å². The first kappa shape index (κ1) is 19.0. The molecule has 0 aliphatic rings. The number of hydrogen-bond acceptors (Lipinski definition) is 2. The smallest absolute Gasteiger partial charge is 0.326 e. The van der Waals surface area contributed by atoms with Crippen molar-refractivity contribution in [1.29, 1.82) is 0 Å². The maximum atomic E-state index is 12.0. The molecule has 0 fully saturated rings. The van der Waals surface area contributed by atoms with Crippen molar-refractivity contribution in [2.75, 3.05) is 0 Å². The van der Waals surface area contributed by atoms with E-state index in [4.69, 9.17) is 11.5 Å². The second-order valence-corrected chi connectivity index (χ2v) is 5.76. The molecule has 4 N–H and O–H groups in total. The van der Waals surface area contributed by atoms with Crippen LogP contribution >= 0.6 is 0 Å². The largest absolute Gasteiger partial charge is 0.416 e. The van der Waals surface area contributed by atoms with Gasteiger partial charge in [-0.15, -0.1) is 0 Å². The molecule has 0 saturated carbocycles. The van der Waals surface area contributed by atoms with Gasteiger partial charge < -0.3 is 11.5 Å². The van der Waals surface area contributed by atoms with Crippen molar-refractivity contribution in [1.82, 2.24) is 0 Å². The van der Waals surface area contributed by atoms with Crippen LogP contribution in [0.5, 0.6) is 0 Å². The molecule has 0 saturated heterocycles. The van der Waals surface area contributed by atoms with Crippen molar-refractivity contribution in [2.45, 2.75) is 25.7 Å². The van der Waals surface area contributed by atoms with Crippen LogP contribution in [0, 0.1) is 0 Å². The highest BCUT2D eigenvalue weighted by atomic mass is 19.4. The summed E-state index contributed by atoms with van der Waals surface area (Å²) in [6.07, 6.45) is -4.26. The van der Waals surface area contributed by atoms with Crippen molar-refractivity contribution in [2.24, 2.45) is 11.5 Å². The maximum Gasteiger partial charge on any atom is 0.416 e. The van der Waals surface area contributed by atoms with Crippen molar-refractivity contribution in [3.8, 4) is 0 Å². The second kappa shape index (κ2) is 8.14. The number of rotatable bonds is 2. The molecule has 3 aromatic carbocycles. The lowest BCUT2D eigenvalue weighted by molar-refractivity contribution is -0.137. The molecule has 3 aromatic rings. The van der Waals surface area contributed by atoms with E-state index in [0.29, 0.717) is 5.56 Å². The quantitative estimate of drug-likeness (QED) is 0.684. The van der Waals surface area contributed by atoms with Gasteiger partial charge in [0.05, 0.1) is 5.56 Å². The predicted molar refractivity (Wildman–Crippen MR) is 95.9 cm³/mol. The molecule has 2 nitrogen and oxygen atoms in total. The van der Waals surface area contributed by atoms with Crippen molar-refractivity contribution < 1.29 is 13.2 Å². The predicted octanol–water partition coefficient (Wildman–Crippen LogP) is 5.02. The highest BCUT2D eigenvalue weighted by molar-refractivity contribution is 5.85. The molecule has 5 heteroatoms. The Balaban J connectivity index is 0.000000181. The van der Waals surface area contributed by atoms with Crippen LogP contribution in [0.3, 0.4) is 0 Å². The first-order valence-electron chi connectivity index (χ1n) is 7.92. The van der Waals surface area contributed by atoms with Gasteiger partial charge in [0.15, 0.2) is 0 Å². The standard InChI is InChI=1S/C12H13N.C8H8F3N/c1-9(13)11-8-4-6-10-5-2-3-7-12(10)11;9-8(10,11)7-3-1-6(5-12)2-4-7/h2-9H,13H2,1H3;1-4H,5,12H2. The molecule has 1 unspecified atom stereocenters. The van der Waals surface area contributed by atoms with Gasteiger partial charge in [0.1, 0.15) is 0 Å². The summed E-state index contributed by atoms with van der Waals surface area (Å²) >= 11 is 0. The first-order chi connectivity index (χ1) is 11.8. The van der Waals surface area contributed by atoms with Crippen LogP contribution < -0.4 is 11.5 Å². The van der Waals surface area contributed by atoms with E-state index in [-0.39, 0.29) is 12.6 Å². The average Bonchev–Trinajstić information content (AvgIpc) is 2.61. The Hall–Kier alpha value is -2.37. The summed E-state index contributed by atoms with van der Waals surface area (Å²) in [4.78, 5) is 0. The number of alkyl halides is 3. The molecule has 0 aromatic heterocycles. The number of fused-ring (bicyclic) bond motifs is 1. The van der Waals surface area contributed by atoms with E-state index in [1.807, 2.05) is 19.1 Å². The molecular weight excluding hydrogens is 325 g/mol. The Labute approximate surface area is 145 Å². The molecule has 0 aliphatic heterocycles. The number of benzene rings is 3. The SMILES string of the molecule is CC(N)c1cccc2ccccc12.NCc1ccc(C(F)(F)F)cc1. The number of nitrogens with two attached hydrogens (primary N) is 2. The molecule has 0 spiro atoms. The highest BCUT2D eigenvalue weighted by Gasteiger charge is 2.29. The third kappa shape index (κ3) is 5.05. The Morgan fingerprint density at radius 2 is 1.48 bits per heavy atom. The fourth-order valence-corrected chi connectivity index (χ4v) is 2.48. The van der Waals surface area contributed by atoms with E-state index < -0.39 is 11.7 Å². The molecule has 0 heterocycles. The summed E-state index contributed by atoms with van der Waals surface area (Å²) in [7, 11) is 0. The Morgan fingerprint density at radius 1 is 0.880 bits per heavy atom. The fourth-order valence-electron chi connectivity index (χ4n) is 2.48. The van der Waals surface area contributed by atoms with E-state index in [0.717, 1.165) is 12.1 Å². The van der Waals surface area contributed by atoms with Crippen LogP contribution in [-0.4, -0.2) is 0 Å². The number of halogens is 3. The summed E-state index contributed by atoms with van der Waals surface area (Å²) in [5.41, 5.74) is 12.4. The molecule has 0 amide bonds. The van der Waals surface area contributed by atoms with Gasteiger partial charge in [-0.05, 0) is 41.0 Å². The summed E-state index contributed by atoms with van der Waals surface area (Å²) in [5.74, 6) is 0. The van der Waals surface area contributed by atoms with Crippen LogP contribution in [0.4, 0.5) is 13.2 Å². The lowest BCUT2D eigenvalue weighted by atomic mass is 10.0. The minimum absolute atomic E-state index is 0.103. The van der Waals surface area contributed by atoms with Gasteiger partial charge in [0.2, 0.25) is 0 Å². The normalized spacial score (nSPS) is 12.4. The van der Waals surface area contributed by atoms with Crippen LogP contribution in [0.1, 0.15) is 29.7 Å². The first-order valence-corrected chi connectivity index (χ1v) is 7.92. The molecule has 3 rings (SSSR count). The average molecular weight is 346 g/mol. The van der Waals surface area contributed by atoms with Gasteiger partial charge >= 0.3 is 6.18 Å². The summed E-state index contributed by atoms with van der Waals surface area (Å²) in [6, 6.07) is 19.5. The van der Waals surface area contributed by atoms with Gasteiger partial charge in [0, 0.05) is 12.6 Å². The molecule has 0 aliphatic carbocycles. The van der Waals surface area contributed by atoms with Crippen LogP contribution in [0.25, 0.3) is 10.8 Å². The van der Waals surface area contributed by atoms with Gasteiger partial charge in [0.25, 0.3) is 0 Å². The van der Waals surface area contributed by atoms with Crippen LogP contribution in [0.15, 0.2) is 66.7 Å². The molecule has 25 heavy (non-hydrogen) atoms. The lowest BCUT2D eigenvalue weighted by Gasteiger charge is -2.09. The lowest BCUT2D eigenvalue weighted by Crippen LogP contribution is -2.05. The van der Waals surface area contributed by atoms with E-state index in [1.54, 1.807) is 0 Å². The third-order valence-electron chi connectivity index (χ3n) is 3.83. The van der Waals surface area contributed by atoms with Crippen molar-refractivity contribution in [3.63, 3.8) is 0 Å². The topological polar surface area (TPSA) is 52.0 Å². The molecule has 0 radical (unpaired) electrons. The monoisotopic (exact) mass is 346 g/mol. The fraction of sp³-hybridized carbons (Fsp3) is 0.200. The zero-order valence-electron chi connectivity index (χ0n) is 13.9. The van der Waals surface area contributed by atoms with E-state index in [1.165, 1.54) is 28.5 Å². The number of hydrogen-bond donors (Lipinski definition) is 2. The maximum absolute atomic E-state index is 12.0. The molecule has 0 bridgehead atoms. The molecule has 132 valence electrons. The zero-order valence-corrected chi connectivity index (χ0v) is 13.9. The summed E-state index contributed by atoms with van der Waals surface area (Å²) in [6.45, 7) is 2.28. The summed E-state index contributed by atoms with van der Waals surface area (Å²) in [5, 5.41) is 2.53. The third-order valence-corrected chi connectivity index (χ3v) is 3.83. The van der Waals surface area contributed by atoms with Crippen LogP contribution in [0.2, 0.25) is 0 Å².